The first-order valence-electron chi connectivity index (χ1n) is 6.02. The Morgan fingerprint density at radius 1 is 1.11 bits per heavy atom. The summed E-state index contributed by atoms with van der Waals surface area (Å²) in [4.78, 5) is 0. The molecule has 0 fully saturated rings. The molecule has 0 aliphatic carbocycles. The maximum Gasteiger partial charge on any atom is 0.0260 e. The summed E-state index contributed by atoms with van der Waals surface area (Å²) in [5.41, 5.74) is 4.86. The summed E-state index contributed by atoms with van der Waals surface area (Å²) in [6.45, 7) is 10.4. The third-order valence-corrected chi connectivity index (χ3v) is 3.58. The lowest BCUT2D eigenvalue weighted by Crippen LogP contribution is -1.89. The van der Waals surface area contributed by atoms with Crippen molar-refractivity contribution in [3.8, 4) is 0 Å². The molecule has 0 saturated heterocycles. The summed E-state index contributed by atoms with van der Waals surface area (Å²) in [7, 11) is 0. The minimum Gasteiger partial charge on any atom is -0.0955 e. The van der Waals surface area contributed by atoms with Gasteiger partial charge in [0.15, 0.2) is 0 Å². The second-order valence-electron chi connectivity index (χ2n) is 4.87. The topological polar surface area (TPSA) is 0 Å². The van der Waals surface area contributed by atoms with Crippen LogP contribution in [0.5, 0.6) is 0 Å². The van der Waals surface area contributed by atoms with Crippen LogP contribution in [0.15, 0.2) is 47.0 Å². The zero-order chi connectivity index (χ0) is 13.3. The van der Waals surface area contributed by atoms with Gasteiger partial charge in [-0.3, -0.25) is 0 Å². The van der Waals surface area contributed by atoms with Gasteiger partial charge in [-0.2, -0.15) is 0 Å². The molecule has 0 atom stereocenters. The van der Waals surface area contributed by atoms with Gasteiger partial charge in [-0.1, -0.05) is 64.0 Å². The summed E-state index contributed by atoms with van der Waals surface area (Å²) in [6.07, 6.45) is 2.23. The van der Waals surface area contributed by atoms with Crippen LogP contribution in [0, 0.1) is 0 Å². The van der Waals surface area contributed by atoms with Crippen LogP contribution in [0.1, 0.15) is 31.9 Å². The fourth-order valence-corrected chi connectivity index (χ4v) is 2.73. The second kappa shape index (κ2) is 5.11. The molecule has 2 rings (SSSR count). The van der Waals surface area contributed by atoms with E-state index in [1.807, 2.05) is 0 Å². The predicted molar refractivity (Wildman–Crippen MR) is 85.7 cm³/mol. The Hall–Kier alpha value is -1.34. The molecule has 0 saturated carbocycles. The van der Waals surface area contributed by atoms with Gasteiger partial charge in [0.25, 0.3) is 0 Å². The number of benzene rings is 2. The first-order chi connectivity index (χ1) is 8.50. The maximum absolute atomic E-state index is 4.09. The number of rotatable bonds is 2. The number of hydrogen-bond acceptors (Lipinski definition) is 0. The summed E-state index contributed by atoms with van der Waals surface area (Å²) in [5, 5.41) is 2.51. The first-order valence-corrected chi connectivity index (χ1v) is 6.82. The van der Waals surface area contributed by atoms with E-state index in [1.165, 1.54) is 27.5 Å². The van der Waals surface area contributed by atoms with Gasteiger partial charge in [-0.15, -0.1) is 0 Å². The zero-order valence-electron chi connectivity index (χ0n) is 11.0. The van der Waals surface area contributed by atoms with Crippen LogP contribution >= 0.6 is 15.9 Å². The largest absolute Gasteiger partial charge is 0.0955 e. The molecule has 0 heterocycles. The molecule has 0 aromatic heterocycles. The van der Waals surface area contributed by atoms with Gasteiger partial charge in [0.2, 0.25) is 0 Å². The lowest BCUT2D eigenvalue weighted by Gasteiger charge is -2.12. The van der Waals surface area contributed by atoms with E-state index >= 15 is 0 Å². The molecular formula is C17H17Br. The van der Waals surface area contributed by atoms with Gasteiger partial charge in [0.1, 0.15) is 0 Å². The Bertz CT molecular complexity index is 644. The highest BCUT2D eigenvalue weighted by Crippen LogP contribution is 2.34. The Morgan fingerprint density at radius 2 is 1.72 bits per heavy atom. The molecule has 0 unspecified atom stereocenters. The third kappa shape index (κ3) is 2.41. The first kappa shape index (κ1) is 13.1. The summed E-state index contributed by atoms with van der Waals surface area (Å²) in [6, 6.07) is 10.6. The van der Waals surface area contributed by atoms with E-state index in [0.717, 1.165) is 10.0 Å². The quantitative estimate of drug-likeness (QED) is 0.632. The molecule has 0 amide bonds. The van der Waals surface area contributed by atoms with Gasteiger partial charge < -0.3 is 0 Å². The molecule has 0 N–H and O–H groups in total. The van der Waals surface area contributed by atoms with E-state index in [1.54, 1.807) is 0 Å². The molecule has 0 radical (unpaired) electrons. The SMILES string of the molecule is C=C(C)c1cc(Br)c2ccccc2c1C=C(C)C. The smallest absolute Gasteiger partial charge is 0.0260 e. The Balaban J connectivity index is 2.93. The lowest BCUT2D eigenvalue weighted by atomic mass is 9.94. The number of halogens is 1. The fourth-order valence-electron chi connectivity index (χ4n) is 2.15. The minimum absolute atomic E-state index is 1.09. The normalized spacial score (nSPS) is 10.4. The number of fused-ring (bicyclic) bond motifs is 1. The summed E-state index contributed by atoms with van der Waals surface area (Å²) in [5.74, 6) is 0. The monoisotopic (exact) mass is 300 g/mol. The van der Waals surface area contributed by atoms with Crippen LogP contribution in [-0.2, 0) is 0 Å². The van der Waals surface area contributed by atoms with Crippen molar-refractivity contribution in [2.75, 3.05) is 0 Å². The van der Waals surface area contributed by atoms with Crippen molar-refractivity contribution < 1.29 is 0 Å². The standard InChI is InChI=1S/C17H17Br/c1-11(2)9-16-13-7-5-6-8-14(13)17(18)10-15(16)12(3)4/h5-10H,3H2,1-2,4H3. The fraction of sp³-hybridized carbons (Fsp3) is 0.176. The van der Waals surface area contributed by atoms with E-state index in [9.17, 15) is 0 Å². The molecule has 92 valence electrons. The van der Waals surface area contributed by atoms with E-state index in [2.05, 4.69) is 79.7 Å². The van der Waals surface area contributed by atoms with Crippen LogP contribution in [0.25, 0.3) is 22.4 Å². The molecule has 0 bridgehead atoms. The molecule has 0 spiro atoms. The van der Waals surface area contributed by atoms with Crippen molar-refractivity contribution >= 4 is 38.4 Å². The zero-order valence-corrected chi connectivity index (χ0v) is 12.6. The predicted octanol–water partition coefficient (Wildman–Crippen LogP) is 6.06. The van der Waals surface area contributed by atoms with Crippen molar-refractivity contribution in [3.05, 3.63) is 58.1 Å². The van der Waals surface area contributed by atoms with E-state index in [-0.39, 0.29) is 0 Å². The van der Waals surface area contributed by atoms with Crippen LogP contribution in [0.4, 0.5) is 0 Å². The summed E-state index contributed by atoms with van der Waals surface area (Å²) >= 11 is 3.65. The molecule has 0 aliphatic heterocycles. The second-order valence-corrected chi connectivity index (χ2v) is 5.72. The molecule has 1 heteroatoms. The Labute approximate surface area is 117 Å². The molecule has 0 aliphatic rings. The van der Waals surface area contributed by atoms with Crippen molar-refractivity contribution in [1.29, 1.82) is 0 Å². The van der Waals surface area contributed by atoms with E-state index < -0.39 is 0 Å². The molecule has 0 nitrogen and oxygen atoms in total. The highest BCUT2D eigenvalue weighted by molar-refractivity contribution is 9.10. The van der Waals surface area contributed by atoms with Gasteiger partial charge in [-0.25, -0.2) is 0 Å². The van der Waals surface area contributed by atoms with Gasteiger partial charge in [-0.05, 0) is 48.7 Å². The highest BCUT2D eigenvalue weighted by atomic mass is 79.9. The van der Waals surface area contributed by atoms with E-state index in [4.69, 9.17) is 0 Å². The molecule has 2 aromatic rings. The third-order valence-electron chi connectivity index (χ3n) is 2.93. The maximum atomic E-state index is 4.09. The number of allylic oxidation sites excluding steroid dienone is 2. The Kier molecular flexibility index (Phi) is 3.72. The van der Waals surface area contributed by atoms with Crippen LogP contribution in [0.3, 0.4) is 0 Å². The minimum atomic E-state index is 1.09. The van der Waals surface area contributed by atoms with E-state index in [0.29, 0.717) is 0 Å². The average Bonchev–Trinajstić information content (AvgIpc) is 2.32. The van der Waals surface area contributed by atoms with Crippen LogP contribution < -0.4 is 0 Å². The molecule has 2 aromatic carbocycles. The van der Waals surface area contributed by atoms with Gasteiger partial charge in [0.05, 0.1) is 0 Å². The average molecular weight is 301 g/mol. The van der Waals surface area contributed by atoms with Crippen LogP contribution in [0.2, 0.25) is 0 Å². The molecular weight excluding hydrogens is 284 g/mol. The Morgan fingerprint density at radius 3 is 2.28 bits per heavy atom. The lowest BCUT2D eigenvalue weighted by molar-refractivity contribution is 1.42. The van der Waals surface area contributed by atoms with Crippen molar-refractivity contribution in [2.45, 2.75) is 20.8 Å². The van der Waals surface area contributed by atoms with Crippen molar-refractivity contribution in [2.24, 2.45) is 0 Å². The van der Waals surface area contributed by atoms with Crippen molar-refractivity contribution in [1.82, 2.24) is 0 Å². The van der Waals surface area contributed by atoms with Gasteiger partial charge >= 0.3 is 0 Å². The molecule has 18 heavy (non-hydrogen) atoms. The summed E-state index contributed by atoms with van der Waals surface area (Å²) < 4.78 is 1.13. The van der Waals surface area contributed by atoms with Gasteiger partial charge in [0, 0.05) is 4.47 Å². The highest BCUT2D eigenvalue weighted by Gasteiger charge is 2.09. The van der Waals surface area contributed by atoms with Crippen molar-refractivity contribution in [3.63, 3.8) is 0 Å². The van der Waals surface area contributed by atoms with Crippen LogP contribution in [-0.4, -0.2) is 0 Å². The number of hydrogen-bond donors (Lipinski definition) is 0.